The second-order valence-corrected chi connectivity index (χ2v) is 5.08. The lowest BCUT2D eigenvalue weighted by atomic mass is 9.80. The fourth-order valence-corrected chi connectivity index (χ4v) is 3.35. The zero-order valence-corrected chi connectivity index (χ0v) is 12.7. The van der Waals surface area contributed by atoms with E-state index in [4.69, 9.17) is 16.3 Å². The lowest BCUT2D eigenvalue weighted by Gasteiger charge is -2.35. The molecule has 0 aliphatic heterocycles. The summed E-state index contributed by atoms with van der Waals surface area (Å²) in [6, 6.07) is 7.70. The molecule has 106 valence electrons. The van der Waals surface area contributed by atoms with E-state index in [9.17, 15) is 4.79 Å². The summed E-state index contributed by atoms with van der Waals surface area (Å²) < 4.78 is 4.93. The molecule has 3 nitrogen and oxygen atoms in total. The summed E-state index contributed by atoms with van der Waals surface area (Å²) in [5.41, 5.74) is 0.591. The predicted octanol–water partition coefficient (Wildman–Crippen LogP) is 3.15. The number of rotatable bonds is 3. The van der Waals surface area contributed by atoms with Gasteiger partial charge in [-0.2, -0.15) is 0 Å². The second-order valence-electron chi connectivity index (χ2n) is 4.67. The zero-order valence-electron chi connectivity index (χ0n) is 11.1. The Balaban J connectivity index is 0.00000180. The van der Waals surface area contributed by atoms with Gasteiger partial charge in [0.05, 0.1) is 18.6 Å². The minimum Gasteiger partial charge on any atom is -0.469 e. The van der Waals surface area contributed by atoms with Crippen LogP contribution in [0.4, 0.5) is 0 Å². The van der Waals surface area contributed by atoms with Crippen molar-refractivity contribution in [2.24, 2.45) is 5.92 Å². The number of carbonyl (C=O) groups excluding carboxylic acids is 1. The molecule has 1 N–H and O–H groups in total. The lowest BCUT2D eigenvalue weighted by molar-refractivity contribution is -0.147. The summed E-state index contributed by atoms with van der Waals surface area (Å²) in [4.78, 5) is 12.0. The van der Waals surface area contributed by atoms with E-state index in [-0.39, 0.29) is 24.3 Å². The van der Waals surface area contributed by atoms with Gasteiger partial charge in [0.25, 0.3) is 0 Å². The van der Waals surface area contributed by atoms with Gasteiger partial charge in [0, 0.05) is 5.02 Å². The molecule has 19 heavy (non-hydrogen) atoms. The van der Waals surface area contributed by atoms with Crippen LogP contribution in [0.3, 0.4) is 0 Å². The third-order valence-electron chi connectivity index (χ3n) is 3.95. The Hall–Kier alpha value is -0.770. The fraction of sp³-hybridized carbons (Fsp3) is 0.500. The first-order chi connectivity index (χ1) is 8.65. The van der Waals surface area contributed by atoms with Gasteiger partial charge in [0.1, 0.15) is 0 Å². The molecule has 1 aromatic rings. The number of carbonyl (C=O) groups is 1. The van der Waals surface area contributed by atoms with Crippen LogP contribution in [0.15, 0.2) is 24.3 Å². The van der Waals surface area contributed by atoms with Gasteiger partial charge >= 0.3 is 5.97 Å². The van der Waals surface area contributed by atoms with Crippen LogP contribution in [-0.2, 0) is 15.1 Å². The molecular weight excluding hydrogens is 285 g/mol. The van der Waals surface area contributed by atoms with Gasteiger partial charge in [-0.25, -0.2) is 0 Å². The number of nitrogens with one attached hydrogen (secondary N) is 1. The van der Waals surface area contributed by atoms with Crippen LogP contribution in [0.2, 0.25) is 5.02 Å². The number of halogens is 2. The van der Waals surface area contributed by atoms with E-state index in [1.54, 1.807) is 0 Å². The molecule has 5 heteroatoms. The molecule has 0 heterocycles. The van der Waals surface area contributed by atoms with Crippen LogP contribution in [0.1, 0.15) is 24.8 Å². The second kappa shape index (κ2) is 6.60. The highest BCUT2D eigenvalue weighted by Crippen LogP contribution is 2.46. The van der Waals surface area contributed by atoms with E-state index < -0.39 is 5.54 Å². The molecule has 0 spiro atoms. The smallest absolute Gasteiger partial charge is 0.310 e. The van der Waals surface area contributed by atoms with E-state index in [1.807, 2.05) is 31.3 Å². The van der Waals surface area contributed by atoms with Crippen molar-refractivity contribution >= 4 is 30.0 Å². The highest BCUT2D eigenvalue weighted by atomic mass is 35.5. The molecule has 2 rings (SSSR count). The molecule has 1 aliphatic rings. The summed E-state index contributed by atoms with van der Waals surface area (Å²) in [5.74, 6) is -0.339. The Labute approximate surface area is 125 Å². The number of hydrogen-bond donors (Lipinski definition) is 1. The topological polar surface area (TPSA) is 38.3 Å². The van der Waals surface area contributed by atoms with Gasteiger partial charge in [-0.1, -0.05) is 36.2 Å². The average molecular weight is 304 g/mol. The molecule has 0 bridgehead atoms. The normalized spacial score (nSPS) is 25.7. The van der Waals surface area contributed by atoms with E-state index in [0.29, 0.717) is 5.02 Å². The van der Waals surface area contributed by atoms with Crippen molar-refractivity contribution in [2.45, 2.75) is 24.8 Å². The first-order valence-corrected chi connectivity index (χ1v) is 6.55. The summed E-state index contributed by atoms with van der Waals surface area (Å²) >= 11 is 6.29. The third kappa shape index (κ3) is 2.73. The predicted molar refractivity (Wildman–Crippen MR) is 78.8 cm³/mol. The summed E-state index contributed by atoms with van der Waals surface area (Å²) in [6.07, 6.45) is 2.72. The Morgan fingerprint density at radius 2 is 2.16 bits per heavy atom. The molecule has 1 saturated carbocycles. The Bertz CT molecular complexity index is 453. The maximum absolute atomic E-state index is 12.0. The molecule has 0 saturated heterocycles. The van der Waals surface area contributed by atoms with Crippen molar-refractivity contribution in [3.63, 3.8) is 0 Å². The van der Waals surface area contributed by atoms with Crippen molar-refractivity contribution in [1.29, 1.82) is 0 Å². The van der Waals surface area contributed by atoms with Gasteiger partial charge in [-0.15, -0.1) is 12.4 Å². The van der Waals surface area contributed by atoms with Crippen molar-refractivity contribution in [3.05, 3.63) is 34.9 Å². The average Bonchev–Trinajstić information content (AvgIpc) is 2.83. The largest absolute Gasteiger partial charge is 0.469 e. The highest BCUT2D eigenvalue weighted by Gasteiger charge is 2.48. The van der Waals surface area contributed by atoms with Crippen LogP contribution in [0, 0.1) is 5.92 Å². The molecule has 2 unspecified atom stereocenters. The van der Waals surface area contributed by atoms with Crippen LogP contribution in [0.25, 0.3) is 0 Å². The highest BCUT2D eigenvalue weighted by molar-refractivity contribution is 6.31. The Kier molecular flexibility index (Phi) is 5.65. The molecule has 1 aromatic carbocycles. The van der Waals surface area contributed by atoms with Gasteiger partial charge in [0.2, 0.25) is 0 Å². The molecule has 1 fully saturated rings. The molecule has 0 aromatic heterocycles. The quantitative estimate of drug-likeness (QED) is 0.872. The summed E-state index contributed by atoms with van der Waals surface area (Å²) in [5, 5.41) is 4.01. The summed E-state index contributed by atoms with van der Waals surface area (Å²) in [7, 11) is 3.32. The number of benzene rings is 1. The van der Waals surface area contributed by atoms with Crippen LogP contribution in [-0.4, -0.2) is 20.1 Å². The third-order valence-corrected chi connectivity index (χ3v) is 4.27. The fourth-order valence-electron chi connectivity index (χ4n) is 3.05. The van der Waals surface area contributed by atoms with E-state index in [0.717, 1.165) is 24.8 Å². The van der Waals surface area contributed by atoms with Gasteiger partial charge in [0.15, 0.2) is 0 Å². The van der Waals surface area contributed by atoms with Crippen LogP contribution in [0.5, 0.6) is 0 Å². The van der Waals surface area contributed by atoms with Gasteiger partial charge in [-0.05, 0) is 31.5 Å². The van der Waals surface area contributed by atoms with Crippen molar-refractivity contribution in [2.75, 3.05) is 14.2 Å². The monoisotopic (exact) mass is 303 g/mol. The number of esters is 1. The van der Waals surface area contributed by atoms with Gasteiger partial charge < -0.3 is 10.1 Å². The van der Waals surface area contributed by atoms with E-state index in [1.165, 1.54) is 7.11 Å². The number of ether oxygens (including phenoxy) is 1. The maximum atomic E-state index is 12.0. The van der Waals surface area contributed by atoms with Crippen LogP contribution < -0.4 is 5.32 Å². The molecular formula is C14H19Cl2NO2. The maximum Gasteiger partial charge on any atom is 0.310 e. The Morgan fingerprint density at radius 3 is 2.74 bits per heavy atom. The number of hydrogen-bond acceptors (Lipinski definition) is 3. The SMILES string of the molecule is CNC1(c2ccccc2Cl)CCCC1C(=O)OC.Cl. The minimum atomic E-state index is -0.397. The lowest BCUT2D eigenvalue weighted by Crippen LogP contribution is -2.46. The summed E-state index contributed by atoms with van der Waals surface area (Å²) in [6.45, 7) is 0. The van der Waals surface area contributed by atoms with Crippen LogP contribution >= 0.6 is 24.0 Å². The van der Waals surface area contributed by atoms with Crippen molar-refractivity contribution in [1.82, 2.24) is 5.32 Å². The first kappa shape index (κ1) is 16.3. The van der Waals surface area contributed by atoms with E-state index in [2.05, 4.69) is 5.32 Å². The van der Waals surface area contributed by atoms with E-state index >= 15 is 0 Å². The first-order valence-electron chi connectivity index (χ1n) is 6.17. The minimum absolute atomic E-state index is 0. The molecule has 1 aliphatic carbocycles. The molecule has 0 amide bonds. The zero-order chi connectivity index (χ0) is 13.2. The standard InChI is InChI=1S/C14H18ClNO2.ClH/c1-16-14(10-6-3-4-8-12(10)15)9-5-7-11(14)13(17)18-2;/h3-4,6,8,11,16H,5,7,9H2,1-2H3;1H. The van der Waals surface area contributed by atoms with Crippen molar-refractivity contribution < 1.29 is 9.53 Å². The number of methoxy groups -OCH3 is 1. The molecule has 2 atom stereocenters. The Morgan fingerprint density at radius 1 is 1.47 bits per heavy atom. The van der Waals surface area contributed by atoms with Gasteiger partial charge in [-0.3, -0.25) is 4.79 Å². The van der Waals surface area contributed by atoms with Crippen molar-refractivity contribution in [3.8, 4) is 0 Å². The molecule has 0 radical (unpaired) electrons.